The van der Waals surface area contributed by atoms with Gasteiger partial charge in [0.2, 0.25) is 5.91 Å². The predicted octanol–water partition coefficient (Wildman–Crippen LogP) is 1.28. The summed E-state index contributed by atoms with van der Waals surface area (Å²) in [6.07, 6.45) is 1.64. The zero-order chi connectivity index (χ0) is 11.3. The van der Waals surface area contributed by atoms with Gasteiger partial charge in [0, 0.05) is 12.5 Å². The van der Waals surface area contributed by atoms with Gasteiger partial charge in [-0.05, 0) is 31.6 Å². The van der Waals surface area contributed by atoms with Crippen molar-refractivity contribution in [1.82, 2.24) is 5.32 Å². The zero-order valence-electron chi connectivity index (χ0n) is 8.72. The molecule has 1 aliphatic carbocycles. The number of alkyl halides is 2. The van der Waals surface area contributed by atoms with Crippen LogP contribution in [0.1, 0.15) is 32.1 Å². The van der Waals surface area contributed by atoms with E-state index in [0.29, 0.717) is 12.3 Å². The smallest absolute Gasteiger partial charge is 0.255 e. The van der Waals surface area contributed by atoms with Gasteiger partial charge < -0.3 is 11.1 Å². The second-order valence-electron chi connectivity index (χ2n) is 4.18. The van der Waals surface area contributed by atoms with Gasteiger partial charge in [-0.15, -0.1) is 0 Å². The number of carbonyl (C=O) groups is 1. The Balaban J connectivity index is 2.15. The Morgan fingerprint density at radius 1 is 1.33 bits per heavy atom. The van der Waals surface area contributed by atoms with Crippen LogP contribution in [0.5, 0.6) is 0 Å². The Morgan fingerprint density at radius 2 is 1.93 bits per heavy atom. The minimum Gasteiger partial charge on any atom is -0.350 e. The van der Waals surface area contributed by atoms with Gasteiger partial charge in [-0.1, -0.05) is 0 Å². The van der Waals surface area contributed by atoms with Crippen molar-refractivity contribution < 1.29 is 13.6 Å². The highest BCUT2D eigenvalue weighted by Gasteiger charge is 2.21. The van der Waals surface area contributed by atoms with E-state index in [9.17, 15) is 13.6 Å². The zero-order valence-corrected chi connectivity index (χ0v) is 8.72. The first kappa shape index (κ1) is 12.4. The standard InChI is InChI=1S/C10H18F2N2O/c11-9(12)6-14-10(15)5-7-1-3-8(13)4-2-7/h7-9H,1-6,13H2,(H,14,15). The summed E-state index contributed by atoms with van der Waals surface area (Å²) in [5.74, 6) is 0.0539. The average Bonchev–Trinajstić information content (AvgIpc) is 2.19. The van der Waals surface area contributed by atoms with E-state index in [0.717, 1.165) is 25.7 Å². The molecule has 0 unspecified atom stereocenters. The van der Waals surface area contributed by atoms with Gasteiger partial charge in [-0.25, -0.2) is 8.78 Å². The van der Waals surface area contributed by atoms with Gasteiger partial charge in [-0.2, -0.15) is 0 Å². The molecule has 0 atom stereocenters. The van der Waals surface area contributed by atoms with Gasteiger partial charge in [-0.3, -0.25) is 4.79 Å². The number of nitrogens with two attached hydrogens (primary N) is 1. The first-order chi connectivity index (χ1) is 7.08. The van der Waals surface area contributed by atoms with E-state index in [1.165, 1.54) is 0 Å². The average molecular weight is 220 g/mol. The SMILES string of the molecule is NC1CCC(CC(=O)NCC(F)F)CC1. The monoisotopic (exact) mass is 220 g/mol. The van der Waals surface area contributed by atoms with Crippen molar-refractivity contribution in [3.8, 4) is 0 Å². The molecular formula is C10H18F2N2O. The Labute approximate surface area is 88.4 Å². The summed E-state index contributed by atoms with van der Waals surface area (Å²) in [7, 11) is 0. The lowest BCUT2D eigenvalue weighted by Crippen LogP contribution is -2.32. The summed E-state index contributed by atoms with van der Waals surface area (Å²) in [5, 5.41) is 2.22. The van der Waals surface area contributed by atoms with Gasteiger partial charge in [0.1, 0.15) is 0 Å². The molecule has 0 heterocycles. The number of halogens is 2. The molecule has 3 nitrogen and oxygen atoms in total. The van der Waals surface area contributed by atoms with Crippen LogP contribution in [-0.4, -0.2) is 24.9 Å². The van der Waals surface area contributed by atoms with Crippen LogP contribution in [0.2, 0.25) is 0 Å². The Hall–Kier alpha value is -0.710. The van der Waals surface area contributed by atoms with Crippen molar-refractivity contribution in [2.24, 2.45) is 11.7 Å². The molecule has 0 saturated heterocycles. The second kappa shape index (κ2) is 6.00. The van der Waals surface area contributed by atoms with Crippen LogP contribution >= 0.6 is 0 Å². The summed E-state index contributed by atoms with van der Waals surface area (Å²) in [6.45, 7) is -0.537. The lowest BCUT2D eigenvalue weighted by molar-refractivity contribution is -0.122. The molecule has 88 valence electrons. The molecule has 0 aromatic carbocycles. The highest BCUT2D eigenvalue weighted by Crippen LogP contribution is 2.25. The molecule has 1 amide bonds. The minimum absolute atomic E-state index is 0.255. The Bertz CT molecular complexity index is 204. The molecule has 0 aromatic heterocycles. The molecule has 3 N–H and O–H groups in total. The van der Waals surface area contributed by atoms with Crippen LogP contribution in [-0.2, 0) is 4.79 Å². The van der Waals surface area contributed by atoms with Crippen LogP contribution in [0, 0.1) is 5.92 Å². The maximum atomic E-state index is 11.8. The first-order valence-electron chi connectivity index (χ1n) is 5.38. The third-order valence-electron chi connectivity index (χ3n) is 2.82. The van der Waals surface area contributed by atoms with Crippen molar-refractivity contribution in [2.75, 3.05) is 6.54 Å². The molecule has 5 heteroatoms. The molecule has 0 bridgehead atoms. The quantitative estimate of drug-likeness (QED) is 0.749. The van der Waals surface area contributed by atoms with Crippen LogP contribution in [0.15, 0.2) is 0 Å². The van der Waals surface area contributed by atoms with Crippen LogP contribution in [0.3, 0.4) is 0 Å². The Morgan fingerprint density at radius 3 is 2.47 bits per heavy atom. The van der Waals surface area contributed by atoms with E-state index in [4.69, 9.17) is 5.73 Å². The molecule has 0 spiro atoms. The predicted molar refractivity (Wildman–Crippen MR) is 53.6 cm³/mol. The molecule has 0 aromatic rings. The normalized spacial score (nSPS) is 26.7. The highest BCUT2D eigenvalue weighted by molar-refractivity contribution is 5.76. The van der Waals surface area contributed by atoms with E-state index in [1.54, 1.807) is 0 Å². The number of carbonyl (C=O) groups excluding carboxylic acids is 1. The summed E-state index contributed by atoms with van der Waals surface area (Å²) >= 11 is 0. The molecule has 0 aliphatic heterocycles. The van der Waals surface area contributed by atoms with E-state index >= 15 is 0 Å². The van der Waals surface area contributed by atoms with Gasteiger partial charge in [0.15, 0.2) is 0 Å². The third-order valence-corrected chi connectivity index (χ3v) is 2.82. The largest absolute Gasteiger partial charge is 0.350 e. The topological polar surface area (TPSA) is 55.1 Å². The van der Waals surface area contributed by atoms with Gasteiger partial charge >= 0.3 is 0 Å². The van der Waals surface area contributed by atoms with Crippen LogP contribution in [0.4, 0.5) is 8.78 Å². The van der Waals surface area contributed by atoms with Crippen molar-refractivity contribution in [1.29, 1.82) is 0 Å². The minimum atomic E-state index is -2.46. The molecule has 1 rings (SSSR count). The fraction of sp³-hybridized carbons (Fsp3) is 0.900. The van der Waals surface area contributed by atoms with Crippen molar-refractivity contribution in [2.45, 2.75) is 44.6 Å². The van der Waals surface area contributed by atoms with Crippen molar-refractivity contribution >= 4 is 5.91 Å². The number of rotatable bonds is 4. The summed E-state index contributed by atoms with van der Waals surface area (Å²) < 4.78 is 23.6. The molecule has 1 saturated carbocycles. The van der Waals surface area contributed by atoms with E-state index in [2.05, 4.69) is 5.32 Å². The van der Waals surface area contributed by atoms with E-state index in [-0.39, 0.29) is 11.9 Å². The van der Waals surface area contributed by atoms with Crippen LogP contribution < -0.4 is 11.1 Å². The fourth-order valence-electron chi connectivity index (χ4n) is 1.92. The number of nitrogens with one attached hydrogen (secondary N) is 1. The first-order valence-corrected chi connectivity index (χ1v) is 5.38. The number of hydrogen-bond donors (Lipinski definition) is 2. The second-order valence-corrected chi connectivity index (χ2v) is 4.18. The summed E-state index contributed by atoms with van der Waals surface area (Å²) in [6, 6.07) is 0.255. The van der Waals surface area contributed by atoms with Gasteiger partial charge in [0.05, 0.1) is 6.54 Å². The lowest BCUT2D eigenvalue weighted by atomic mass is 9.84. The molecule has 15 heavy (non-hydrogen) atoms. The third kappa shape index (κ3) is 5.06. The van der Waals surface area contributed by atoms with E-state index in [1.807, 2.05) is 0 Å². The van der Waals surface area contributed by atoms with E-state index < -0.39 is 13.0 Å². The van der Waals surface area contributed by atoms with Gasteiger partial charge in [0.25, 0.3) is 6.43 Å². The summed E-state index contributed by atoms with van der Waals surface area (Å²) in [4.78, 5) is 11.2. The molecule has 1 aliphatic rings. The lowest BCUT2D eigenvalue weighted by Gasteiger charge is -2.25. The Kier molecular flexibility index (Phi) is 4.94. The summed E-state index contributed by atoms with van der Waals surface area (Å²) in [5.41, 5.74) is 5.73. The number of amides is 1. The molecule has 1 fully saturated rings. The van der Waals surface area contributed by atoms with Crippen molar-refractivity contribution in [3.05, 3.63) is 0 Å². The fourth-order valence-corrected chi connectivity index (χ4v) is 1.92. The van der Waals surface area contributed by atoms with Crippen molar-refractivity contribution in [3.63, 3.8) is 0 Å². The van der Waals surface area contributed by atoms with Crippen LogP contribution in [0.25, 0.3) is 0 Å². The highest BCUT2D eigenvalue weighted by atomic mass is 19.3. The number of hydrogen-bond acceptors (Lipinski definition) is 2. The maximum absolute atomic E-state index is 11.8. The maximum Gasteiger partial charge on any atom is 0.255 e. The molecular weight excluding hydrogens is 202 g/mol. The molecule has 0 radical (unpaired) electrons.